The van der Waals surface area contributed by atoms with Crippen molar-refractivity contribution in [2.24, 2.45) is 17.6 Å². The van der Waals surface area contributed by atoms with Gasteiger partial charge in [-0.1, -0.05) is 27.7 Å². The molecule has 1 fully saturated rings. The molecule has 0 bridgehead atoms. The molecule has 0 aromatic carbocycles. The molecular formula is C14H31N3. The van der Waals surface area contributed by atoms with E-state index in [9.17, 15) is 0 Å². The van der Waals surface area contributed by atoms with Gasteiger partial charge in [0.2, 0.25) is 0 Å². The van der Waals surface area contributed by atoms with Crippen molar-refractivity contribution >= 4 is 0 Å². The molecule has 3 heteroatoms. The van der Waals surface area contributed by atoms with E-state index in [-0.39, 0.29) is 5.54 Å². The summed E-state index contributed by atoms with van der Waals surface area (Å²) in [6.07, 6.45) is 0. The summed E-state index contributed by atoms with van der Waals surface area (Å²) in [6, 6.07) is 0. The fourth-order valence-corrected chi connectivity index (χ4v) is 2.69. The van der Waals surface area contributed by atoms with Gasteiger partial charge in [-0.3, -0.25) is 4.90 Å². The zero-order valence-electron chi connectivity index (χ0n) is 12.4. The molecule has 102 valence electrons. The third-order valence-electron chi connectivity index (χ3n) is 4.38. The molecule has 1 aliphatic rings. The highest BCUT2D eigenvalue weighted by atomic mass is 15.3. The van der Waals surface area contributed by atoms with Gasteiger partial charge in [0, 0.05) is 44.8 Å². The van der Waals surface area contributed by atoms with Crippen molar-refractivity contribution in [3.05, 3.63) is 0 Å². The first-order valence-electron chi connectivity index (χ1n) is 7.07. The van der Waals surface area contributed by atoms with Gasteiger partial charge in [-0.2, -0.15) is 0 Å². The van der Waals surface area contributed by atoms with Crippen LogP contribution in [0, 0.1) is 11.8 Å². The van der Waals surface area contributed by atoms with Crippen molar-refractivity contribution < 1.29 is 0 Å². The van der Waals surface area contributed by atoms with Crippen LogP contribution in [-0.2, 0) is 0 Å². The first-order valence-corrected chi connectivity index (χ1v) is 7.07. The second-order valence-electron chi connectivity index (χ2n) is 6.40. The van der Waals surface area contributed by atoms with Crippen LogP contribution < -0.4 is 5.73 Å². The van der Waals surface area contributed by atoms with E-state index >= 15 is 0 Å². The summed E-state index contributed by atoms with van der Waals surface area (Å²) in [5.41, 5.74) is 6.17. The molecule has 1 rings (SSSR count). The van der Waals surface area contributed by atoms with Gasteiger partial charge in [-0.15, -0.1) is 0 Å². The molecule has 0 aromatic rings. The summed E-state index contributed by atoms with van der Waals surface area (Å²) < 4.78 is 0. The molecule has 0 aliphatic carbocycles. The quantitative estimate of drug-likeness (QED) is 0.794. The lowest BCUT2D eigenvalue weighted by atomic mass is 9.86. The number of nitrogens with two attached hydrogens (primary N) is 1. The van der Waals surface area contributed by atoms with Crippen molar-refractivity contribution in [3.8, 4) is 0 Å². The van der Waals surface area contributed by atoms with Gasteiger partial charge in [0.15, 0.2) is 0 Å². The van der Waals surface area contributed by atoms with Crippen LogP contribution in [0.2, 0.25) is 0 Å². The number of hydrogen-bond donors (Lipinski definition) is 1. The molecule has 0 spiro atoms. The van der Waals surface area contributed by atoms with Gasteiger partial charge in [0.25, 0.3) is 0 Å². The van der Waals surface area contributed by atoms with E-state index < -0.39 is 0 Å². The highest BCUT2D eigenvalue weighted by molar-refractivity contribution is 4.92. The summed E-state index contributed by atoms with van der Waals surface area (Å²) in [5.74, 6) is 1.39. The smallest absolute Gasteiger partial charge is 0.0327 e. The highest BCUT2D eigenvalue weighted by Gasteiger charge is 2.35. The van der Waals surface area contributed by atoms with E-state index in [0.29, 0.717) is 5.92 Å². The monoisotopic (exact) mass is 241 g/mol. The van der Waals surface area contributed by atoms with Crippen molar-refractivity contribution in [2.75, 3.05) is 39.3 Å². The third-order valence-corrected chi connectivity index (χ3v) is 4.38. The van der Waals surface area contributed by atoms with Gasteiger partial charge in [-0.25, -0.2) is 0 Å². The summed E-state index contributed by atoms with van der Waals surface area (Å²) in [6.45, 7) is 18.2. The molecule has 1 unspecified atom stereocenters. The molecule has 1 saturated heterocycles. The minimum atomic E-state index is 0.171. The van der Waals surface area contributed by atoms with Crippen LogP contribution >= 0.6 is 0 Å². The number of piperazine rings is 1. The number of rotatable bonds is 5. The fourth-order valence-electron chi connectivity index (χ4n) is 2.69. The summed E-state index contributed by atoms with van der Waals surface area (Å²) >= 11 is 0. The van der Waals surface area contributed by atoms with E-state index in [2.05, 4.69) is 44.4 Å². The molecule has 0 saturated carbocycles. The lowest BCUT2D eigenvalue weighted by Crippen LogP contribution is -2.61. The number of hydrogen-bond acceptors (Lipinski definition) is 3. The Kier molecular flexibility index (Phi) is 5.42. The predicted molar refractivity (Wildman–Crippen MR) is 75.1 cm³/mol. The predicted octanol–water partition coefficient (Wildman–Crippen LogP) is 1.63. The lowest BCUT2D eigenvalue weighted by Gasteiger charge is -2.48. The Morgan fingerprint density at radius 3 is 1.94 bits per heavy atom. The fraction of sp³-hybridized carbons (Fsp3) is 1.00. The second kappa shape index (κ2) is 6.17. The van der Waals surface area contributed by atoms with Gasteiger partial charge in [-0.05, 0) is 18.8 Å². The Hall–Kier alpha value is -0.120. The summed E-state index contributed by atoms with van der Waals surface area (Å²) in [4.78, 5) is 5.17. The summed E-state index contributed by atoms with van der Waals surface area (Å²) in [7, 11) is 0. The zero-order chi connectivity index (χ0) is 13.1. The molecule has 0 radical (unpaired) electrons. The van der Waals surface area contributed by atoms with E-state index in [0.717, 1.165) is 12.5 Å². The van der Waals surface area contributed by atoms with Crippen LogP contribution in [0.3, 0.4) is 0 Å². The van der Waals surface area contributed by atoms with Crippen LogP contribution in [0.15, 0.2) is 0 Å². The van der Waals surface area contributed by atoms with Crippen molar-refractivity contribution in [1.82, 2.24) is 9.80 Å². The maximum Gasteiger partial charge on any atom is 0.0327 e. The molecular weight excluding hydrogens is 210 g/mol. The Balaban J connectivity index is 2.50. The van der Waals surface area contributed by atoms with E-state index in [1.165, 1.54) is 32.7 Å². The first-order chi connectivity index (χ1) is 7.90. The maximum atomic E-state index is 6.00. The van der Waals surface area contributed by atoms with Gasteiger partial charge in [0.05, 0.1) is 0 Å². The first kappa shape index (κ1) is 14.9. The Morgan fingerprint density at radius 1 is 1.06 bits per heavy atom. The standard InChI is InChI=1S/C14H31N3/c1-12(2)10-16-6-8-17(9-7-16)14(5,11-15)13(3)4/h12-13H,6-11,15H2,1-5H3. The van der Waals surface area contributed by atoms with Gasteiger partial charge < -0.3 is 10.6 Å². The van der Waals surface area contributed by atoms with Crippen molar-refractivity contribution in [1.29, 1.82) is 0 Å². The van der Waals surface area contributed by atoms with Crippen molar-refractivity contribution in [3.63, 3.8) is 0 Å². The molecule has 1 heterocycles. The SMILES string of the molecule is CC(C)CN1CCN(C(C)(CN)C(C)C)CC1. The van der Waals surface area contributed by atoms with Crippen LogP contribution in [0.1, 0.15) is 34.6 Å². The average molecular weight is 241 g/mol. The second-order valence-corrected chi connectivity index (χ2v) is 6.40. The Morgan fingerprint density at radius 2 is 1.59 bits per heavy atom. The van der Waals surface area contributed by atoms with Crippen LogP contribution in [0.25, 0.3) is 0 Å². The van der Waals surface area contributed by atoms with E-state index in [1.807, 2.05) is 0 Å². The topological polar surface area (TPSA) is 32.5 Å². The molecule has 0 amide bonds. The molecule has 3 nitrogen and oxygen atoms in total. The van der Waals surface area contributed by atoms with E-state index in [4.69, 9.17) is 5.73 Å². The van der Waals surface area contributed by atoms with Crippen molar-refractivity contribution in [2.45, 2.75) is 40.2 Å². The molecule has 1 aliphatic heterocycles. The summed E-state index contributed by atoms with van der Waals surface area (Å²) in [5, 5.41) is 0. The average Bonchev–Trinajstić information content (AvgIpc) is 2.28. The minimum absolute atomic E-state index is 0.171. The largest absolute Gasteiger partial charge is 0.329 e. The molecule has 1 atom stereocenters. The lowest BCUT2D eigenvalue weighted by molar-refractivity contribution is 0.0164. The normalized spacial score (nSPS) is 23.3. The molecule has 17 heavy (non-hydrogen) atoms. The molecule has 0 aromatic heterocycles. The number of nitrogens with zero attached hydrogens (tertiary/aromatic N) is 2. The highest BCUT2D eigenvalue weighted by Crippen LogP contribution is 2.25. The Bertz CT molecular complexity index is 220. The Labute approximate surface area is 107 Å². The van der Waals surface area contributed by atoms with Gasteiger partial charge >= 0.3 is 0 Å². The van der Waals surface area contributed by atoms with Gasteiger partial charge in [0.1, 0.15) is 0 Å². The zero-order valence-corrected chi connectivity index (χ0v) is 12.4. The van der Waals surface area contributed by atoms with Crippen LogP contribution in [0.5, 0.6) is 0 Å². The van der Waals surface area contributed by atoms with E-state index in [1.54, 1.807) is 0 Å². The maximum absolute atomic E-state index is 6.00. The minimum Gasteiger partial charge on any atom is -0.329 e. The third kappa shape index (κ3) is 3.67. The molecule has 2 N–H and O–H groups in total. The van der Waals surface area contributed by atoms with Crippen LogP contribution in [-0.4, -0.2) is 54.6 Å². The van der Waals surface area contributed by atoms with Crippen LogP contribution in [0.4, 0.5) is 0 Å².